The first kappa shape index (κ1) is 16.2. The molecule has 1 atom stereocenters. The van der Waals surface area contributed by atoms with Gasteiger partial charge in [-0.2, -0.15) is 0 Å². The molecule has 1 N–H and O–H groups in total. The lowest BCUT2D eigenvalue weighted by molar-refractivity contribution is -0.143. The number of allylic oxidation sites excluding steroid dienone is 2. The first-order chi connectivity index (χ1) is 9.58. The molecule has 5 heteroatoms. The second kappa shape index (κ2) is 8.32. The average molecular weight is 278 g/mol. The zero-order valence-corrected chi connectivity index (χ0v) is 11.9. The van der Waals surface area contributed by atoms with Crippen molar-refractivity contribution in [2.45, 2.75) is 18.9 Å². The summed E-state index contributed by atoms with van der Waals surface area (Å²) < 4.78 is 5.03. The molecule has 0 spiro atoms. The molecule has 0 aromatic rings. The monoisotopic (exact) mass is 278 g/mol. The van der Waals surface area contributed by atoms with Crippen molar-refractivity contribution < 1.29 is 14.3 Å². The van der Waals surface area contributed by atoms with Crippen LogP contribution in [0, 0.1) is 0 Å². The third-order valence-electron chi connectivity index (χ3n) is 3.22. The summed E-state index contributed by atoms with van der Waals surface area (Å²) in [6.45, 7) is 8.11. The van der Waals surface area contributed by atoms with Gasteiger partial charge in [0.2, 0.25) is 5.91 Å². The van der Waals surface area contributed by atoms with Gasteiger partial charge in [0.15, 0.2) is 0 Å². The van der Waals surface area contributed by atoms with Gasteiger partial charge in [-0.15, -0.1) is 0 Å². The number of carbonyl (C=O) groups is 2. The molecule has 1 rings (SSSR count). The molecule has 1 aliphatic rings. The smallest absolute Gasteiger partial charge is 0.325 e. The van der Waals surface area contributed by atoms with Crippen LogP contribution in [0.3, 0.4) is 0 Å². The number of ether oxygens (including phenoxy) is 1. The average Bonchev–Trinajstić information content (AvgIpc) is 2.87. The normalized spacial score (nSPS) is 19.4. The summed E-state index contributed by atoms with van der Waals surface area (Å²) in [6, 6.07) is -0.132. The summed E-state index contributed by atoms with van der Waals surface area (Å²) in [7, 11) is 1.91. The number of amides is 1. The van der Waals surface area contributed by atoms with Gasteiger partial charge in [0.1, 0.15) is 13.2 Å². The highest BCUT2D eigenvalue weighted by molar-refractivity contribution is 5.85. The molecule has 0 radical (unpaired) electrons. The highest BCUT2D eigenvalue weighted by Crippen LogP contribution is 2.14. The zero-order valence-electron chi connectivity index (χ0n) is 11.9. The predicted molar refractivity (Wildman–Crippen MR) is 78.1 cm³/mol. The molecule has 0 bridgehead atoms. The van der Waals surface area contributed by atoms with Crippen LogP contribution < -0.4 is 5.32 Å². The third-order valence-corrected chi connectivity index (χ3v) is 3.22. The van der Waals surface area contributed by atoms with E-state index in [0.29, 0.717) is 0 Å². The molecule has 20 heavy (non-hydrogen) atoms. The maximum Gasteiger partial charge on any atom is 0.325 e. The Kier molecular flexibility index (Phi) is 6.73. The first-order valence-corrected chi connectivity index (χ1v) is 6.66. The van der Waals surface area contributed by atoms with Crippen molar-refractivity contribution in [3.8, 4) is 0 Å². The van der Waals surface area contributed by atoms with Crippen LogP contribution >= 0.6 is 0 Å². The van der Waals surface area contributed by atoms with Crippen molar-refractivity contribution in [1.82, 2.24) is 10.2 Å². The zero-order chi connectivity index (χ0) is 15.0. The van der Waals surface area contributed by atoms with Crippen LogP contribution in [0.4, 0.5) is 0 Å². The van der Waals surface area contributed by atoms with Crippen molar-refractivity contribution >= 4 is 11.9 Å². The van der Waals surface area contributed by atoms with Gasteiger partial charge in [0.25, 0.3) is 0 Å². The minimum absolute atomic E-state index is 0.109. The SMILES string of the molecule is C=C/C=C(\C=C)COC(=O)CNC(=O)C1CCCN1C. The molecule has 1 heterocycles. The Labute approximate surface area is 120 Å². The van der Waals surface area contributed by atoms with Crippen molar-refractivity contribution in [2.24, 2.45) is 0 Å². The van der Waals surface area contributed by atoms with Crippen LogP contribution in [0.25, 0.3) is 0 Å². The highest BCUT2D eigenvalue weighted by Gasteiger charge is 2.27. The van der Waals surface area contributed by atoms with Crippen molar-refractivity contribution in [3.05, 3.63) is 37.0 Å². The van der Waals surface area contributed by atoms with Gasteiger partial charge in [-0.25, -0.2) is 0 Å². The van der Waals surface area contributed by atoms with Crippen LogP contribution in [0.15, 0.2) is 37.0 Å². The lowest BCUT2D eigenvalue weighted by atomic mass is 10.2. The summed E-state index contributed by atoms with van der Waals surface area (Å²) >= 11 is 0. The Bertz CT molecular complexity index is 415. The summed E-state index contributed by atoms with van der Waals surface area (Å²) in [5.41, 5.74) is 0.759. The van der Waals surface area contributed by atoms with Crippen molar-refractivity contribution in [1.29, 1.82) is 0 Å². The molecule has 0 saturated carbocycles. The largest absolute Gasteiger partial charge is 0.460 e. The number of hydrogen-bond acceptors (Lipinski definition) is 4. The predicted octanol–water partition coefficient (Wildman–Crippen LogP) is 1.04. The number of nitrogens with zero attached hydrogens (tertiary/aromatic N) is 1. The minimum Gasteiger partial charge on any atom is -0.460 e. The van der Waals surface area contributed by atoms with Gasteiger partial charge >= 0.3 is 5.97 Å². The van der Waals surface area contributed by atoms with Gasteiger partial charge in [-0.05, 0) is 32.0 Å². The van der Waals surface area contributed by atoms with Crippen LogP contribution in [-0.2, 0) is 14.3 Å². The van der Waals surface area contributed by atoms with Crippen LogP contribution in [0.2, 0.25) is 0 Å². The molecular weight excluding hydrogens is 256 g/mol. The van der Waals surface area contributed by atoms with Crippen LogP contribution in [0.1, 0.15) is 12.8 Å². The standard InChI is InChI=1S/C15H22N2O3/c1-4-7-12(5-2)11-20-14(18)10-16-15(19)13-8-6-9-17(13)3/h4-5,7,13H,1-2,6,8-11H2,3H3,(H,16,19)/b12-7+. The molecule has 1 aliphatic heterocycles. The molecule has 0 aromatic heterocycles. The molecule has 1 fully saturated rings. The Morgan fingerprint density at radius 2 is 2.20 bits per heavy atom. The summed E-state index contributed by atoms with van der Waals surface area (Å²) in [5, 5.41) is 2.61. The third kappa shape index (κ3) is 5.01. The van der Waals surface area contributed by atoms with Gasteiger partial charge in [-0.3, -0.25) is 14.5 Å². The van der Waals surface area contributed by atoms with Gasteiger partial charge in [0.05, 0.1) is 6.04 Å². The van der Waals surface area contributed by atoms with Crippen molar-refractivity contribution in [2.75, 3.05) is 26.7 Å². The summed E-state index contributed by atoms with van der Waals surface area (Å²) in [4.78, 5) is 25.4. The van der Waals surface area contributed by atoms with E-state index >= 15 is 0 Å². The molecule has 1 saturated heterocycles. The summed E-state index contributed by atoms with van der Waals surface area (Å²) in [5.74, 6) is -0.580. The Morgan fingerprint density at radius 1 is 1.45 bits per heavy atom. The van der Waals surface area contributed by atoms with Gasteiger partial charge in [-0.1, -0.05) is 31.4 Å². The van der Waals surface area contributed by atoms with E-state index in [4.69, 9.17) is 4.74 Å². The first-order valence-electron chi connectivity index (χ1n) is 6.66. The Morgan fingerprint density at radius 3 is 2.75 bits per heavy atom. The second-order valence-corrected chi connectivity index (χ2v) is 4.70. The fourth-order valence-corrected chi connectivity index (χ4v) is 2.06. The lowest BCUT2D eigenvalue weighted by Crippen LogP contribution is -2.43. The second-order valence-electron chi connectivity index (χ2n) is 4.70. The van der Waals surface area contributed by atoms with E-state index in [1.807, 2.05) is 11.9 Å². The Hall–Kier alpha value is -1.88. The quantitative estimate of drug-likeness (QED) is 0.558. The molecule has 1 unspecified atom stereocenters. The lowest BCUT2D eigenvalue weighted by Gasteiger charge is -2.18. The van der Waals surface area contributed by atoms with E-state index in [-0.39, 0.29) is 25.1 Å². The van der Waals surface area contributed by atoms with E-state index in [1.165, 1.54) is 0 Å². The van der Waals surface area contributed by atoms with E-state index in [2.05, 4.69) is 18.5 Å². The fourth-order valence-electron chi connectivity index (χ4n) is 2.06. The number of likely N-dealkylation sites (tertiary alicyclic amines) is 1. The molecule has 5 nitrogen and oxygen atoms in total. The molecular formula is C15H22N2O3. The maximum absolute atomic E-state index is 11.9. The van der Waals surface area contributed by atoms with E-state index in [0.717, 1.165) is 25.0 Å². The number of nitrogens with one attached hydrogen (secondary N) is 1. The van der Waals surface area contributed by atoms with Crippen molar-refractivity contribution in [3.63, 3.8) is 0 Å². The Balaban J connectivity index is 2.29. The number of likely N-dealkylation sites (N-methyl/N-ethyl adjacent to an activating group) is 1. The van der Waals surface area contributed by atoms with E-state index in [9.17, 15) is 9.59 Å². The van der Waals surface area contributed by atoms with Crippen LogP contribution in [0.5, 0.6) is 0 Å². The number of carbonyl (C=O) groups excluding carboxylic acids is 2. The van der Waals surface area contributed by atoms with Gasteiger partial charge < -0.3 is 10.1 Å². The van der Waals surface area contributed by atoms with Crippen LogP contribution in [-0.4, -0.2) is 49.6 Å². The van der Waals surface area contributed by atoms with E-state index < -0.39 is 5.97 Å². The van der Waals surface area contributed by atoms with E-state index in [1.54, 1.807) is 18.2 Å². The highest BCUT2D eigenvalue weighted by atomic mass is 16.5. The number of rotatable bonds is 7. The summed E-state index contributed by atoms with van der Waals surface area (Å²) in [6.07, 6.45) is 6.75. The molecule has 0 aromatic carbocycles. The topological polar surface area (TPSA) is 58.6 Å². The number of esters is 1. The minimum atomic E-state index is -0.462. The van der Waals surface area contributed by atoms with Gasteiger partial charge in [0, 0.05) is 0 Å². The molecule has 1 amide bonds. The molecule has 110 valence electrons. The maximum atomic E-state index is 11.9. The molecule has 0 aliphatic carbocycles. The number of hydrogen-bond donors (Lipinski definition) is 1. The fraction of sp³-hybridized carbons (Fsp3) is 0.467.